The molecular weight excluding hydrogens is 184 g/mol. The fraction of sp³-hybridized carbons (Fsp3) is 0.200. The first-order valence-electron chi connectivity index (χ1n) is 4.09. The Bertz CT molecular complexity index is 394. The summed E-state index contributed by atoms with van der Waals surface area (Å²) in [6.07, 6.45) is 1.80. The average molecular weight is 196 g/mol. The van der Waals surface area contributed by atoms with Gasteiger partial charge in [-0.25, -0.2) is 0 Å². The molecule has 2 N–H and O–H groups in total. The summed E-state index contributed by atoms with van der Waals surface area (Å²) < 4.78 is 19.2. The zero-order chi connectivity index (χ0) is 9.64. The fourth-order valence-electron chi connectivity index (χ4n) is 1.52. The summed E-state index contributed by atoms with van der Waals surface area (Å²) in [6.45, 7) is 4.02. The van der Waals surface area contributed by atoms with Crippen molar-refractivity contribution >= 4 is 16.7 Å². The zero-order valence-electron chi connectivity index (χ0n) is 7.61. The maximum atomic E-state index is 9.61. The summed E-state index contributed by atoms with van der Waals surface area (Å²) in [5.74, 6) is 0. The first-order chi connectivity index (χ1) is 6.02. The predicted octanol–water partition coefficient (Wildman–Crippen LogP) is 3.40. The number of rotatable bonds is 0. The fourth-order valence-corrected chi connectivity index (χ4v) is 2.80. The van der Waals surface area contributed by atoms with Gasteiger partial charge < -0.3 is 0 Å². The van der Waals surface area contributed by atoms with Crippen LogP contribution in [0.4, 0.5) is 0 Å². The van der Waals surface area contributed by atoms with Gasteiger partial charge in [0.15, 0.2) is 0 Å². The highest BCUT2D eigenvalue weighted by molar-refractivity contribution is 8.27. The van der Waals surface area contributed by atoms with Crippen molar-refractivity contribution in [2.75, 3.05) is 0 Å². The number of fused-ring (bicyclic) bond motifs is 1. The molecule has 1 aliphatic heterocycles. The molecule has 1 aromatic carbocycles. The Morgan fingerprint density at radius 1 is 1.15 bits per heavy atom. The molecule has 1 aromatic rings. The SMILES string of the molecule is Cc1ccc2c(c1C)C=CS2(O)O. The minimum Gasteiger partial charge on any atom is -0.291 e. The molecule has 0 fully saturated rings. The molecule has 2 rings (SSSR count). The molecule has 0 aliphatic carbocycles. The van der Waals surface area contributed by atoms with Crippen LogP contribution in [0, 0.1) is 13.8 Å². The average Bonchev–Trinajstić information content (AvgIpc) is 2.35. The van der Waals surface area contributed by atoms with E-state index in [2.05, 4.69) is 0 Å². The van der Waals surface area contributed by atoms with Gasteiger partial charge in [-0.05, 0) is 37.1 Å². The van der Waals surface area contributed by atoms with Crippen LogP contribution in [-0.2, 0) is 0 Å². The van der Waals surface area contributed by atoms with E-state index in [1.54, 1.807) is 12.1 Å². The lowest BCUT2D eigenvalue weighted by atomic mass is 10.0. The molecule has 0 bridgehead atoms. The molecule has 70 valence electrons. The normalized spacial score (nSPS) is 20.0. The lowest BCUT2D eigenvalue weighted by molar-refractivity contribution is 0.500. The standard InChI is InChI=1S/C10H12O2S/c1-7-3-4-10-9(8(7)2)5-6-13(10,11)12/h3-6,11-12H,1-2H3. The van der Waals surface area contributed by atoms with Gasteiger partial charge in [-0.2, -0.15) is 0 Å². The smallest absolute Gasteiger partial charge is 0.0705 e. The Kier molecular flexibility index (Phi) is 1.77. The summed E-state index contributed by atoms with van der Waals surface area (Å²) >= 11 is 0. The minimum atomic E-state index is -2.63. The highest BCUT2D eigenvalue weighted by Crippen LogP contribution is 2.56. The first kappa shape index (κ1) is 8.81. The molecule has 0 saturated heterocycles. The van der Waals surface area contributed by atoms with Gasteiger partial charge in [0, 0.05) is 11.0 Å². The number of aryl methyl sites for hydroxylation is 1. The van der Waals surface area contributed by atoms with Gasteiger partial charge in [-0.15, -0.1) is 10.6 Å². The highest BCUT2D eigenvalue weighted by atomic mass is 32.3. The van der Waals surface area contributed by atoms with Crippen LogP contribution < -0.4 is 0 Å². The van der Waals surface area contributed by atoms with Gasteiger partial charge in [-0.3, -0.25) is 9.11 Å². The van der Waals surface area contributed by atoms with Crippen molar-refractivity contribution in [1.29, 1.82) is 0 Å². The van der Waals surface area contributed by atoms with E-state index < -0.39 is 10.6 Å². The molecule has 0 saturated carbocycles. The van der Waals surface area contributed by atoms with Crippen molar-refractivity contribution in [3.63, 3.8) is 0 Å². The van der Waals surface area contributed by atoms with Crippen LogP contribution >= 0.6 is 10.6 Å². The molecule has 0 amide bonds. The highest BCUT2D eigenvalue weighted by Gasteiger charge is 2.22. The Morgan fingerprint density at radius 3 is 2.54 bits per heavy atom. The van der Waals surface area contributed by atoms with Crippen LogP contribution in [-0.4, -0.2) is 9.11 Å². The number of hydrogen-bond acceptors (Lipinski definition) is 2. The van der Waals surface area contributed by atoms with Crippen molar-refractivity contribution in [3.05, 3.63) is 34.2 Å². The second-order valence-electron chi connectivity index (χ2n) is 3.31. The molecule has 13 heavy (non-hydrogen) atoms. The van der Waals surface area contributed by atoms with Crippen molar-refractivity contribution < 1.29 is 9.11 Å². The molecule has 0 unspecified atom stereocenters. The Morgan fingerprint density at radius 2 is 1.85 bits per heavy atom. The van der Waals surface area contributed by atoms with Crippen molar-refractivity contribution in [1.82, 2.24) is 0 Å². The lowest BCUT2D eigenvalue weighted by Crippen LogP contribution is -1.94. The third kappa shape index (κ3) is 1.20. The number of hydrogen-bond donors (Lipinski definition) is 2. The van der Waals surface area contributed by atoms with Crippen LogP contribution in [0.1, 0.15) is 16.7 Å². The Labute approximate surface area is 79.3 Å². The maximum Gasteiger partial charge on any atom is 0.0705 e. The van der Waals surface area contributed by atoms with E-state index in [0.29, 0.717) is 4.90 Å². The lowest BCUT2D eigenvalue weighted by Gasteiger charge is -2.25. The van der Waals surface area contributed by atoms with E-state index in [0.717, 1.165) is 11.1 Å². The van der Waals surface area contributed by atoms with E-state index in [9.17, 15) is 9.11 Å². The summed E-state index contributed by atoms with van der Waals surface area (Å²) in [5, 5.41) is 1.49. The zero-order valence-corrected chi connectivity index (χ0v) is 8.43. The van der Waals surface area contributed by atoms with Gasteiger partial charge in [0.1, 0.15) is 0 Å². The van der Waals surface area contributed by atoms with Gasteiger partial charge in [0.2, 0.25) is 0 Å². The van der Waals surface area contributed by atoms with E-state index in [4.69, 9.17) is 0 Å². The third-order valence-electron chi connectivity index (χ3n) is 2.49. The molecule has 3 heteroatoms. The van der Waals surface area contributed by atoms with E-state index in [1.165, 1.54) is 11.0 Å². The molecule has 0 spiro atoms. The summed E-state index contributed by atoms with van der Waals surface area (Å²) in [5.41, 5.74) is 3.28. The van der Waals surface area contributed by atoms with Crippen LogP contribution in [0.5, 0.6) is 0 Å². The Hall–Kier alpha value is -0.770. The van der Waals surface area contributed by atoms with Gasteiger partial charge in [0.25, 0.3) is 0 Å². The largest absolute Gasteiger partial charge is 0.291 e. The Balaban J connectivity index is 2.71. The maximum absolute atomic E-state index is 9.61. The molecule has 1 aliphatic rings. The second kappa shape index (κ2) is 2.61. The summed E-state index contributed by atoms with van der Waals surface area (Å²) in [4.78, 5) is 0.663. The van der Waals surface area contributed by atoms with Crippen LogP contribution in [0.3, 0.4) is 0 Å². The number of benzene rings is 1. The van der Waals surface area contributed by atoms with Gasteiger partial charge in [-0.1, -0.05) is 6.07 Å². The molecule has 0 atom stereocenters. The van der Waals surface area contributed by atoms with Crippen molar-refractivity contribution in [2.45, 2.75) is 18.7 Å². The third-order valence-corrected chi connectivity index (χ3v) is 4.01. The van der Waals surface area contributed by atoms with E-state index in [-0.39, 0.29) is 0 Å². The summed E-state index contributed by atoms with van der Waals surface area (Å²) in [7, 11) is -2.63. The second-order valence-corrected chi connectivity index (χ2v) is 5.21. The van der Waals surface area contributed by atoms with E-state index >= 15 is 0 Å². The first-order valence-corrected chi connectivity index (χ1v) is 5.70. The van der Waals surface area contributed by atoms with Crippen LogP contribution in [0.2, 0.25) is 0 Å². The topological polar surface area (TPSA) is 40.5 Å². The van der Waals surface area contributed by atoms with Crippen LogP contribution in [0.25, 0.3) is 6.08 Å². The van der Waals surface area contributed by atoms with Gasteiger partial charge >= 0.3 is 0 Å². The van der Waals surface area contributed by atoms with E-state index in [1.807, 2.05) is 19.9 Å². The summed E-state index contributed by atoms with van der Waals surface area (Å²) in [6, 6.07) is 3.72. The van der Waals surface area contributed by atoms with Crippen LogP contribution in [0.15, 0.2) is 22.4 Å². The van der Waals surface area contributed by atoms with Crippen molar-refractivity contribution in [3.8, 4) is 0 Å². The molecule has 0 radical (unpaired) electrons. The van der Waals surface area contributed by atoms with Crippen molar-refractivity contribution in [2.24, 2.45) is 0 Å². The molecular formula is C10H12O2S. The molecule has 2 nitrogen and oxygen atoms in total. The molecule has 1 heterocycles. The predicted molar refractivity (Wildman–Crippen MR) is 56.1 cm³/mol. The molecule has 0 aromatic heterocycles. The monoisotopic (exact) mass is 196 g/mol. The van der Waals surface area contributed by atoms with Gasteiger partial charge in [0.05, 0.1) is 4.90 Å². The minimum absolute atomic E-state index is 0.663. The quantitative estimate of drug-likeness (QED) is 0.667.